The number of benzene rings is 1. The molecule has 0 aliphatic heterocycles. The van der Waals surface area contributed by atoms with E-state index < -0.39 is 0 Å². The Balaban J connectivity index is 0.00000361. The molecule has 1 atom stereocenters. The minimum Gasteiger partial charge on any atom is -0.347 e. The molecular weight excluding hydrogens is 278 g/mol. The Morgan fingerprint density at radius 1 is 1.10 bits per heavy atom. The highest BCUT2D eigenvalue weighted by Crippen LogP contribution is 2.14. The lowest BCUT2D eigenvalue weighted by molar-refractivity contribution is -0.138. The number of nitrogens with two attached hydrogens (primary N) is 1. The molecule has 1 unspecified atom stereocenters. The molecule has 0 saturated heterocycles. The molecule has 1 aromatic carbocycles. The zero-order valence-electron chi connectivity index (χ0n) is 12.1. The number of hydrogen-bond donors (Lipinski definition) is 1. The first-order chi connectivity index (χ1) is 8.91. The third-order valence-corrected chi connectivity index (χ3v) is 2.92. The van der Waals surface area contributed by atoms with Crippen molar-refractivity contribution in [2.75, 3.05) is 27.7 Å². The summed E-state index contributed by atoms with van der Waals surface area (Å²) in [6.45, 7) is 0.0767. The number of amides is 2. The van der Waals surface area contributed by atoms with Gasteiger partial charge < -0.3 is 15.5 Å². The Bertz CT molecular complexity index is 437. The van der Waals surface area contributed by atoms with Crippen molar-refractivity contribution in [1.82, 2.24) is 9.80 Å². The lowest BCUT2D eigenvalue weighted by Gasteiger charge is -2.21. The molecule has 0 heterocycles. The van der Waals surface area contributed by atoms with Gasteiger partial charge in [0.25, 0.3) is 0 Å². The number of hydrogen-bond acceptors (Lipinski definition) is 3. The van der Waals surface area contributed by atoms with E-state index in [-0.39, 0.29) is 43.2 Å². The highest BCUT2D eigenvalue weighted by atomic mass is 35.5. The molecule has 0 fully saturated rings. The van der Waals surface area contributed by atoms with Crippen molar-refractivity contribution in [2.24, 2.45) is 5.73 Å². The number of halogens is 1. The fourth-order valence-electron chi connectivity index (χ4n) is 1.59. The van der Waals surface area contributed by atoms with Gasteiger partial charge in [0.2, 0.25) is 11.8 Å². The van der Waals surface area contributed by atoms with E-state index in [1.54, 1.807) is 21.1 Å². The van der Waals surface area contributed by atoms with Crippen LogP contribution in [-0.4, -0.2) is 49.3 Å². The van der Waals surface area contributed by atoms with Gasteiger partial charge in [-0.3, -0.25) is 9.59 Å². The second-order valence-corrected chi connectivity index (χ2v) is 4.76. The molecule has 2 amide bonds. The van der Waals surface area contributed by atoms with Gasteiger partial charge in [0.05, 0.1) is 6.54 Å². The van der Waals surface area contributed by atoms with Crippen LogP contribution in [0.2, 0.25) is 0 Å². The van der Waals surface area contributed by atoms with Crippen LogP contribution in [0, 0.1) is 0 Å². The summed E-state index contributed by atoms with van der Waals surface area (Å²) in [4.78, 5) is 26.3. The number of carbonyl (C=O) groups excluding carboxylic acids is 2. The minimum absolute atomic E-state index is 0. The minimum atomic E-state index is -0.342. The molecule has 0 aliphatic carbocycles. The predicted octanol–water partition coefficient (Wildman–Crippen LogP) is 1.04. The number of likely N-dealkylation sites (N-methyl/N-ethyl adjacent to an activating group) is 2. The average molecular weight is 300 g/mol. The molecule has 20 heavy (non-hydrogen) atoms. The zero-order valence-corrected chi connectivity index (χ0v) is 12.9. The summed E-state index contributed by atoms with van der Waals surface area (Å²) in [7, 11) is 4.94. The van der Waals surface area contributed by atoms with Crippen LogP contribution in [0.3, 0.4) is 0 Å². The summed E-state index contributed by atoms with van der Waals surface area (Å²) in [6.07, 6.45) is 0.196. The molecule has 1 aromatic rings. The highest BCUT2D eigenvalue weighted by Gasteiger charge is 2.17. The topological polar surface area (TPSA) is 66.6 Å². The van der Waals surface area contributed by atoms with Gasteiger partial charge in [-0.15, -0.1) is 12.4 Å². The molecule has 112 valence electrons. The Kier molecular flexibility index (Phi) is 7.87. The quantitative estimate of drug-likeness (QED) is 0.883. The van der Waals surface area contributed by atoms with Gasteiger partial charge in [0.1, 0.15) is 0 Å². The molecule has 0 radical (unpaired) electrons. The predicted molar refractivity (Wildman–Crippen MR) is 81.6 cm³/mol. The average Bonchev–Trinajstić information content (AvgIpc) is 2.39. The summed E-state index contributed by atoms with van der Waals surface area (Å²) >= 11 is 0. The smallest absolute Gasteiger partial charge is 0.241 e. The number of nitrogens with zero attached hydrogens (tertiary/aromatic N) is 2. The SMILES string of the molecule is CN(C)C(=O)CN(C)C(=O)CC(N)c1ccccc1.Cl. The summed E-state index contributed by atoms with van der Waals surface area (Å²) in [5.74, 6) is -0.240. The first-order valence-corrected chi connectivity index (χ1v) is 6.16. The van der Waals surface area contributed by atoms with Crippen LogP contribution in [-0.2, 0) is 9.59 Å². The van der Waals surface area contributed by atoms with Crippen LogP contribution in [0.25, 0.3) is 0 Å². The van der Waals surface area contributed by atoms with Crippen LogP contribution in [0.4, 0.5) is 0 Å². The molecule has 2 N–H and O–H groups in total. The van der Waals surface area contributed by atoms with E-state index in [0.717, 1.165) is 5.56 Å². The van der Waals surface area contributed by atoms with Crippen molar-refractivity contribution >= 4 is 24.2 Å². The van der Waals surface area contributed by atoms with E-state index in [1.165, 1.54) is 9.80 Å². The van der Waals surface area contributed by atoms with Crippen molar-refractivity contribution in [3.05, 3.63) is 35.9 Å². The Labute approximate surface area is 126 Å². The van der Waals surface area contributed by atoms with E-state index in [0.29, 0.717) is 0 Å². The largest absolute Gasteiger partial charge is 0.347 e. The van der Waals surface area contributed by atoms with Crippen LogP contribution >= 0.6 is 12.4 Å². The van der Waals surface area contributed by atoms with Gasteiger partial charge in [0, 0.05) is 33.6 Å². The van der Waals surface area contributed by atoms with E-state index >= 15 is 0 Å². The van der Waals surface area contributed by atoms with Crippen molar-refractivity contribution < 1.29 is 9.59 Å². The second kappa shape index (κ2) is 8.55. The van der Waals surface area contributed by atoms with Crippen LogP contribution in [0.15, 0.2) is 30.3 Å². The number of carbonyl (C=O) groups is 2. The molecular formula is C14H22ClN3O2. The molecule has 0 aliphatic rings. The maximum atomic E-state index is 12.0. The van der Waals surface area contributed by atoms with Crippen LogP contribution in [0.1, 0.15) is 18.0 Å². The Morgan fingerprint density at radius 2 is 1.65 bits per heavy atom. The van der Waals surface area contributed by atoms with Gasteiger partial charge in [-0.1, -0.05) is 30.3 Å². The lowest BCUT2D eigenvalue weighted by Crippen LogP contribution is -2.38. The van der Waals surface area contributed by atoms with Crippen molar-refractivity contribution in [3.63, 3.8) is 0 Å². The molecule has 0 aromatic heterocycles. The zero-order chi connectivity index (χ0) is 14.4. The normalized spacial score (nSPS) is 11.2. The van der Waals surface area contributed by atoms with Gasteiger partial charge in [-0.2, -0.15) is 0 Å². The fourth-order valence-corrected chi connectivity index (χ4v) is 1.59. The third kappa shape index (κ3) is 5.59. The highest BCUT2D eigenvalue weighted by molar-refractivity contribution is 5.85. The number of rotatable bonds is 5. The van der Waals surface area contributed by atoms with Crippen molar-refractivity contribution in [2.45, 2.75) is 12.5 Å². The standard InChI is InChI=1S/C14H21N3O2.ClH/c1-16(2)14(19)10-17(3)13(18)9-12(15)11-7-5-4-6-8-11;/h4-8,12H,9-10,15H2,1-3H3;1H. The van der Waals surface area contributed by atoms with E-state index in [2.05, 4.69) is 0 Å². The van der Waals surface area contributed by atoms with Gasteiger partial charge in [-0.05, 0) is 5.56 Å². The molecule has 1 rings (SSSR count). The fraction of sp³-hybridized carbons (Fsp3) is 0.429. The van der Waals surface area contributed by atoms with E-state index in [4.69, 9.17) is 5.73 Å². The summed E-state index contributed by atoms with van der Waals surface area (Å²) in [5.41, 5.74) is 6.90. The molecule has 0 spiro atoms. The van der Waals surface area contributed by atoms with E-state index in [1.807, 2.05) is 30.3 Å². The third-order valence-electron chi connectivity index (χ3n) is 2.92. The van der Waals surface area contributed by atoms with E-state index in [9.17, 15) is 9.59 Å². The first kappa shape index (κ1) is 18.4. The first-order valence-electron chi connectivity index (χ1n) is 6.16. The van der Waals surface area contributed by atoms with Gasteiger partial charge in [-0.25, -0.2) is 0 Å². The van der Waals surface area contributed by atoms with Gasteiger partial charge in [0.15, 0.2) is 0 Å². The maximum Gasteiger partial charge on any atom is 0.241 e. The molecule has 0 saturated carbocycles. The summed E-state index contributed by atoms with van der Waals surface area (Å²) in [6, 6.07) is 9.12. The Hall–Kier alpha value is -1.59. The van der Waals surface area contributed by atoms with Gasteiger partial charge >= 0.3 is 0 Å². The molecule has 0 bridgehead atoms. The monoisotopic (exact) mass is 299 g/mol. The molecule has 5 nitrogen and oxygen atoms in total. The van der Waals surface area contributed by atoms with Crippen LogP contribution < -0.4 is 5.73 Å². The Morgan fingerprint density at radius 3 is 2.15 bits per heavy atom. The van der Waals surface area contributed by atoms with Crippen LogP contribution in [0.5, 0.6) is 0 Å². The second-order valence-electron chi connectivity index (χ2n) is 4.76. The summed E-state index contributed by atoms with van der Waals surface area (Å²) < 4.78 is 0. The summed E-state index contributed by atoms with van der Waals surface area (Å²) in [5, 5.41) is 0. The lowest BCUT2D eigenvalue weighted by atomic mass is 10.0. The van der Waals surface area contributed by atoms with Crippen molar-refractivity contribution in [3.8, 4) is 0 Å². The van der Waals surface area contributed by atoms with Crippen molar-refractivity contribution in [1.29, 1.82) is 0 Å². The molecule has 6 heteroatoms. The maximum absolute atomic E-state index is 12.0.